The molecule has 0 amide bonds. The molecule has 5 aromatic rings. The minimum Gasteiger partial charge on any atom is -0.0654 e. The van der Waals surface area contributed by atoms with Gasteiger partial charge in [-0.15, -0.1) is 0 Å². The van der Waals surface area contributed by atoms with Crippen molar-refractivity contribution >= 4 is 32.3 Å². The van der Waals surface area contributed by atoms with Gasteiger partial charge in [-0.25, -0.2) is 0 Å². The summed E-state index contributed by atoms with van der Waals surface area (Å²) < 4.78 is 0. The number of aryl methyl sites for hydroxylation is 2. The van der Waals surface area contributed by atoms with Gasteiger partial charge < -0.3 is 0 Å². The summed E-state index contributed by atoms with van der Waals surface area (Å²) in [5.74, 6) is 0. The lowest BCUT2D eigenvalue weighted by Crippen LogP contribution is -1.87. The Morgan fingerprint density at radius 3 is 1.59 bits per heavy atom. The van der Waals surface area contributed by atoms with E-state index in [2.05, 4.69) is 98.8 Å². The van der Waals surface area contributed by atoms with Gasteiger partial charge >= 0.3 is 0 Å². The molecule has 0 radical (unpaired) electrons. The van der Waals surface area contributed by atoms with Crippen LogP contribution in [0.3, 0.4) is 0 Å². The zero-order chi connectivity index (χ0) is 21.9. The number of hydrogen-bond acceptors (Lipinski definition) is 0. The van der Waals surface area contributed by atoms with Crippen molar-refractivity contribution in [2.24, 2.45) is 0 Å². The van der Waals surface area contributed by atoms with E-state index in [1.165, 1.54) is 93.1 Å². The lowest BCUT2D eigenvalue weighted by molar-refractivity contribution is 0.795. The second kappa shape index (κ2) is 9.17. The fourth-order valence-electron chi connectivity index (χ4n) is 4.90. The van der Waals surface area contributed by atoms with E-state index in [9.17, 15) is 0 Å². The third kappa shape index (κ3) is 4.02. The number of fused-ring (bicyclic) bond motifs is 5. The van der Waals surface area contributed by atoms with Gasteiger partial charge in [0.15, 0.2) is 0 Å². The Morgan fingerprint density at radius 1 is 0.438 bits per heavy atom. The van der Waals surface area contributed by atoms with Crippen LogP contribution in [0, 0.1) is 0 Å². The molecule has 0 aliphatic heterocycles. The van der Waals surface area contributed by atoms with Crippen molar-refractivity contribution in [2.45, 2.75) is 52.4 Å². The molecule has 0 aliphatic carbocycles. The first kappa shape index (κ1) is 20.8. The van der Waals surface area contributed by atoms with Gasteiger partial charge in [-0.2, -0.15) is 0 Å². The van der Waals surface area contributed by atoms with E-state index in [0.717, 1.165) is 0 Å². The highest BCUT2D eigenvalue weighted by Crippen LogP contribution is 2.34. The van der Waals surface area contributed by atoms with Crippen molar-refractivity contribution in [3.05, 3.63) is 96.1 Å². The Balaban J connectivity index is 1.53. The third-order valence-corrected chi connectivity index (χ3v) is 6.82. The van der Waals surface area contributed by atoms with Crippen LogP contribution in [0.25, 0.3) is 43.4 Å². The Labute approximate surface area is 191 Å². The highest BCUT2D eigenvalue weighted by atomic mass is 14.1. The molecule has 0 aromatic heterocycles. The second-order valence-corrected chi connectivity index (χ2v) is 9.12. The maximum atomic E-state index is 2.38. The molecule has 0 heterocycles. The summed E-state index contributed by atoms with van der Waals surface area (Å²) in [6, 6.07) is 32.3. The van der Waals surface area contributed by atoms with E-state index >= 15 is 0 Å². The predicted molar refractivity (Wildman–Crippen MR) is 142 cm³/mol. The first-order valence-corrected chi connectivity index (χ1v) is 12.2. The van der Waals surface area contributed by atoms with E-state index in [4.69, 9.17) is 0 Å². The molecular weight excluding hydrogens is 384 g/mol. The summed E-state index contributed by atoms with van der Waals surface area (Å²) >= 11 is 0. The second-order valence-electron chi connectivity index (χ2n) is 9.12. The van der Waals surface area contributed by atoms with E-state index in [1.54, 1.807) is 0 Å². The van der Waals surface area contributed by atoms with Crippen LogP contribution >= 0.6 is 0 Å². The van der Waals surface area contributed by atoms with Crippen LogP contribution in [0.15, 0.2) is 84.9 Å². The minimum absolute atomic E-state index is 1.17. The van der Waals surface area contributed by atoms with Crippen LogP contribution in [0.2, 0.25) is 0 Å². The van der Waals surface area contributed by atoms with E-state index in [0.29, 0.717) is 0 Å². The predicted octanol–water partition coefficient (Wildman–Crippen LogP) is 9.50. The van der Waals surface area contributed by atoms with Crippen LogP contribution in [-0.2, 0) is 12.8 Å². The van der Waals surface area contributed by atoms with Gasteiger partial charge in [-0.1, -0.05) is 106 Å². The molecule has 0 bridgehead atoms. The normalized spacial score (nSPS) is 11.6. The van der Waals surface area contributed by atoms with E-state index in [-0.39, 0.29) is 0 Å². The zero-order valence-corrected chi connectivity index (χ0v) is 19.3. The Hall–Kier alpha value is -3.12. The number of benzene rings is 5. The molecule has 32 heavy (non-hydrogen) atoms. The van der Waals surface area contributed by atoms with Crippen molar-refractivity contribution in [3.8, 4) is 11.1 Å². The number of rotatable bonds is 7. The Morgan fingerprint density at radius 2 is 0.938 bits per heavy atom. The van der Waals surface area contributed by atoms with Gasteiger partial charge in [0, 0.05) is 0 Å². The van der Waals surface area contributed by atoms with Gasteiger partial charge in [0.25, 0.3) is 0 Å². The molecule has 5 rings (SSSR count). The van der Waals surface area contributed by atoms with Crippen LogP contribution < -0.4 is 0 Å². The average molecular weight is 417 g/mol. The molecule has 0 atom stereocenters. The van der Waals surface area contributed by atoms with Crippen LogP contribution in [0.1, 0.15) is 50.7 Å². The van der Waals surface area contributed by atoms with Gasteiger partial charge in [-0.05, 0) is 86.3 Å². The van der Waals surface area contributed by atoms with Crippen molar-refractivity contribution in [2.75, 3.05) is 0 Å². The summed E-state index contributed by atoms with van der Waals surface area (Å²) in [5.41, 5.74) is 5.47. The van der Waals surface area contributed by atoms with Crippen molar-refractivity contribution in [3.63, 3.8) is 0 Å². The molecular formula is C32H32. The van der Waals surface area contributed by atoms with Crippen molar-refractivity contribution in [1.82, 2.24) is 0 Å². The molecule has 0 aliphatic rings. The molecule has 0 spiro atoms. The summed E-state index contributed by atoms with van der Waals surface area (Å²) in [5, 5.41) is 8.05. The number of hydrogen-bond donors (Lipinski definition) is 0. The fraction of sp³-hybridized carbons (Fsp3) is 0.250. The summed E-state index contributed by atoms with van der Waals surface area (Å²) in [6.45, 7) is 4.51. The van der Waals surface area contributed by atoms with Crippen LogP contribution in [0.5, 0.6) is 0 Å². The summed E-state index contributed by atoms with van der Waals surface area (Å²) in [7, 11) is 0. The van der Waals surface area contributed by atoms with Crippen LogP contribution in [0.4, 0.5) is 0 Å². The molecule has 0 saturated heterocycles. The highest BCUT2D eigenvalue weighted by Gasteiger charge is 2.07. The monoisotopic (exact) mass is 416 g/mol. The van der Waals surface area contributed by atoms with Gasteiger partial charge in [0.2, 0.25) is 0 Å². The van der Waals surface area contributed by atoms with Crippen LogP contribution in [-0.4, -0.2) is 0 Å². The molecule has 0 saturated carbocycles. The quantitative estimate of drug-likeness (QED) is 0.232. The smallest absolute Gasteiger partial charge is 0.00990 e. The highest BCUT2D eigenvalue weighted by molar-refractivity contribution is 6.17. The molecule has 160 valence electrons. The number of unbranched alkanes of at least 4 members (excludes halogenated alkanes) is 2. The zero-order valence-electron chi connectivity index (χ0n) is 19.3. The first-order chi connectivity index (χ1) is 15.8. The summed E-state index contributed by atoms with van der Waals surface area (Å²) in [4.78, 5) is 0. The SMILES string of the molecule is CCCCc1ccc(-c2ccc3c(ccc4c5ccc(CCCC)cc5ccc34)c2)cc1. The lowest BCUT2D eigenvalue weighted by Gasteiger charge is -2.11. The van der Waals surface area contributed by atoms with Crippen molar-refractivity contribution < 1.29 is 0 Å². The average Bonchev–Trinajstić information content (AvgIpc) is 2.85. The Bertz CT molecular complexity index is 1370. The minimum atomic E-state index is 1.17. The van der Waals surface area contributed by atoms with Gasteiger partial charge in [-0.3, -0.25) is 0 Å². The molecule has 0 N–H and O–H groups in total. The fourth-order valence-corrected chi connectivity index (χ4v) is 4.90. The van der Waals surface area contributed by atoms with Gasteiger partial charge in [0.1, 0.15) is 0 Å². The third-order valence-electron chi connectivity index (χ3n) is 6.82. The molecule has 0 heteroatoms. The van der Waals surface area contributed by atoms with Gasteiger partial charge in [0.05, 0.1) is 0 Å². The first-order valence-electron chi connectivity index (χ1n) is 12.2. The molecule has 0 nitrogen and oxygen atoms in total. The van der Waals surface area contributed by atoms with E-state index < -0.39 is 0 Å². The summed E-state index contributed by atoms with van der Waals surface area (Å²) in [6.07, 6.45) is 7.35. The molecule has 0 unspecified atom stereocenters. The maximum Gasteiger partial charge on any atom is -0.00990 e. The largest absolute Gasteiger partial charge is 0.0654 e. The topological polar surface area (TPSA) is 0 Å². The van der Waals surface area contributed by atoms with Crippen molar-refractivity contribution in [1.29, 1.82) is 0 Å². The Kier molecular flexibility index (Phi) is 5.95. The maximum absolute atomic E-state index is 2.38. The lowest BCUT2D eigenvalue weighted by atomic mass is 9.93. The molecule has 5 aromatic carbocycles. The van der Waals surface area contributed by atoms with E-state index in [1.807, 2.05) is 0 Å². The standard InChI is InChI=1S/C32H32/c1-3-5-7-23-9-12-25(13-10-23)26-14-18-30-28(22-26)16-20-31-29-17-11-24(8-6-4-2)21-27(29)15-19-32(30)31/h9-22H,3-8H2,1-2H3. The molecule has 0 fully saturated rings.